The molecule has 1 fully saturated rings. The second kappa shape index (κ2) is 7.46. The third-order valence-electron chi connectivity index (χ3n) is 6.05. The molecule has 0 saturated carbocycles. The zero-order chi connectivity index (χ0) is 19.1. The Hall–Kier alpha value is -1.56. The highest BCUT2D eigenvalue weighted by atomic mass is 32.1. The lowest BCUT2D eigenvalue weighted by Gasteiger charge is -2.41. The van der Waals surface area contributed by atoms with Crippen molar-refractivity contribution in [2.75, 3.05) is 13.1 Å². The molecule has 5 heteroatoms. The third-order valence-corrected chi connectivity index (χ3v) is 7.24. The van der Waals surface area contributed by atoms with Gasteiger partial charge in [0.25, 0.3) is 0 Å². The summed E-state index contributed by atoms with van der Waals surface area (Å²) in [4.78, 5) is 19.9. The van der Waals surface area contributed by atoms with Crippen molar-refractivity contribution in [3.63, 3.8) is 0 Å². The minimum absolute atomic E-state index is 0.0977. The van der Waals surface area contributed by atoms with Crippen molar-refractivity contribution in [3.05, 3.63) is 40.0 Å². The van der Waals surface area contributed by atoms with E-state index in [9.17, 15) is 4.79 Å². The number of rotatable bonds is 6. The number of fused-ring (bicyclic) bond motifs is 1. The number of thiazole rings is 1. The van der Waals surface area contributed by atoms with Crippen LogP contribution in [0.25, 0.3) is 10.4 Å². The Bertz CT molecular complexity index is 851. The Morgan fingerprint density at radius 3 is 2.85 bits per heavy atom. The summed E-state index contributed by atoms with van der Waals surface area (Å²) in [7, 11) is 0. The molecular formula is C22H29N3OS. The number of benzene rings is 1. The van der Waals surface area contributed by atoms with Crippen LogP contribution in [0.2, 0.25) is 0 Å². The van der Waals surface area contributed by atoms with Gasteiger partial charge in [-0.15, -0.1) is 11.3 Å². The number of carbonyl (C=O) groups excluding carboxylic acids is 1. The van der Waals surface area contributed by atoms with Crippen LogP contribution in [0.15, 0.2) is 18.3 Å². The molecule has 2 heterocycles. The fourth-order valence-electron chi connectivity index (χ4n) is 4.34. The molecule has 0 bridgehead atoms. The Morgan fingerprint density at radius 2 is 2.15 bits per heavy atom. The summed E-state index contributed by atoms with van der Waals surface area (Å²) in [6.07, 6.45) is 5.46. The maximum absolute atomic E-state index is 11.4. The van der Waals surface area contributed by atoms with Crippen molar-refractivity contribution in [2.24, 2.45) is 5.73 Å². The van der Waals surface area contributed by atoms with Gasteiger partial charge in [0.1, 0.15) is 5.78 Å². The molecule has 0 radical (unpaired) electrons. The predicted octanol–water partition coefficient (Wildman–Crippen LogP) is 4.09. The maximum Gasteiger partial charge on any atom is 0.130 e. The molecule has 0 amide bonds. The minimum Gasteiger partial charge on any atom is -0.324 e. The van der Waals surface area contributed by atoms with Gasteiger partial charge in [0.2, 0.25) is 0 Å². The zero-order valence-electron chi connectivity index (χ0n) is 16.5. The van der Waals surface area contributed by atoms with Crippen molar-refractivity contribution < 1.29 is 4.79 Å². The van der Waals surface area contributed by atoms with Crippen molar-refractivity contribution in [1.82, 2.24) is 9.88 Å². The van der Waals surface area contributed by atoms with Gasteiger partial charge in [-0.1, -0.05) is 12.1 Å². The first-order valence-electron chi connectivity index (χ1n) is 10.0. The fraction of sp³-hybridized carbons (Fsp3) is 0.545. The Kier molecular flexibility index (Phi) is 5.19. The van der Waals surface area contributed by atoms with Crippen LogP contribution in [-0.2, 0) is 17.6 Å². The van der Waals surface area contributed by atoms with Crippen LogP contribution in [0.1, 0.15) is 67.3 Å². The number of aryl methyl sites for hydroxylation is 1. The van der Waals surface area contributed by atoms with Crippen LogP contribution >= 0.6 is 11.3 Å². The van der Waals surface area contributed by atoms with Gasteiger partial charge >= 0.3 is 0 Å². The van der Waals surface area contributed by atoms with Gasteiger partial charge in [0, 0.05) is 43.7 Å². The van der Waals surface area contributed by atoms with Crippen LogP contribution in [0, 0.1) is 0 Å². The quantitative estimate of drug-likeness (QED) is 0.816. The molecule has 2 N–H and O–H groups in total. The first kappa shape index (κ1) is 18.8. The summed E-state index contributed by atoms with van der Waals surface area (Å²) in [6.45, 7) is 8.41. The summed E-state index contributed by atoms with van der Waals surface area (Å²) >= 11 is 1.84. The lowest BCUT2D eigenvalue weighted by molar-refractivity contribution is -0.116. The minimum atomic E-state index is 0.0977. The second-order valence-electron chi connectivity index (χ2n) is 8.32. The van der Waals surface area contributed by atoms with E-state index in [4.69, 9.17) is 10.7 Å². The Balaban J connectivity index is 1.59. The monoisotopic (exact) mass is 383 g/mol. The molecule has 4 rings (SSSR count). The van der Waals surface area contributed by atoms with Gasteiger partial charge in [0.05, 0.1) is 9.88 Å². The van der Waals surface area contributed by atoms with E-state index in [0.717, 1.165) is 32.4 Å². The zero-order valence-corrected chi connectivity index (χ0v) is 17.3. The van der Waals surface area contributed by atoms with Crippen molar-refractivity contribution >= 4 is 17.1 Å². The molecule has 144 valence electrons. The third kappa shape index (κ3) is 3.60. The highest BCUT2D eigenvalue weighted by Crippen LogP contribution is 2.42. The highest BCUT2D eigenvalue weighted by Gasteiger charge is 2.32. The van der Waals surface area contributed by atoms with Crippen LogP contribution in [0.4, 0.5) is 0 Å². The van der Waals surface area contributed by atoms with Gasteiger partial charge < -0.3 is 10.5 Å². The van der Waals surface area contributed by atoms with Crippen LogP contribution in [0.3, 0.4) is 0 Å². The standard InChI is InChI=1S/C22H29N3OS/c1-13(2)25-11-16(12-25)22-24-10-20(27-22)17-7-6-15(5-4-14(3)26)21-18(17)8-9-19(21)23/h6-7,10,13,16,19H,4-5,8-9,11-12,23H2,1-3H3. The predicted molar refractivity (Wildman–Crippen MR) is 111 cm³/mol. The van der Waals surface area contributed by atoms with Crippen molar-refractivity contribution in [2.45, 2.75) is 64.5 Å². The van der Waals surface area contributed by atoms with Gasteiger partial charge in [-0.05, 0) is 62.3 Å². The topological polar surface area (TPSA) is 59.2 Å². The van der Waals surface area contributed by atoms with Gasteiger partial charge in [-0.3, -0.25) is 4.90 Å². The first-order valence-corrected chi connectivity index (χ1v) is 10.9. The molecular weight excluding hydrogens is 354 g/mol. The maximum atomic E-state index is 11.4. The number of hydrogen-bond acceptors (Lipinski definition) is 5. The SMILES string of the molecule is CC(=O)CCc1ccc(-c2cnc(C3CN(C(C)C)C3)s2)c2c1C(N)CC2. The average Bonchev–Trinajstić information content (AvgIpc) is 3.19. The van der Waals surface area contributed by atoms with E-state index in [2.05, 4.69) is 30.9 Å². The number of hydrogen-bond donors (Lipinski definition) is 1. The van der Waals surface area contributed by atoms with Crippen molar-refractivity contribution in [1.29, 1.82) is 0 Å². The molecule has 1 atom stereocenters. The smallest absolute Gasteiger partial charge is 0.130 e. The number of nitrogens with two attached hydrogens (primary N) is 1. The van der Waals surface area contributed by atoms with E-state index < -0.39 is 0 Å². The number of aromatic nitrogens is 1. The molecule has 1 aromatic carbocycles. The number of Topliss-reactive ketones (excluding diaryl/α,β-unsaturated/α-hetero) is 1. The molecule has 0 spiro atoms. The van der Waals surface area contributed by atoms with Gasteiger partial charge in [0.15, 0.2) is 0 Å². The van der Waals surface area contributed by atoms with Crippen LogP contribution in [0.5, 0.6) is 0 Å². The summed E-state index contributed by atoms with van der Waals surface area (Å²) in [6, 6.07) is 5.13. The fourth-order valence-corrected chi connectivity index (χ4v) is 5.39. The van der Waals surface area contributed by atoms with Crippen LogP contribution < -0.4 is 5.73 Å². The van der Waals surface area contributed by atoms with E-state index in [-0.39, 0.29) is 11.8 Å². The molecule has 1 aliphatic heterocycles. The molecule has 2 aromatic rings. The summed E-state index contributed by atoms with van der Waals surface area (Å²) < 4.78 is 0. The highest BCUT2D eigenvalue weighted by molar-refractivity contribution is 7.15. The van der Waals surface area contributed by atoms with Crippen molar-refractivity contribution in [3.8, 4) is 10.4 Å². The van der Waals surface area contributed by atoms with E-state index in [1.165, 1.54) is 32.1 Å². The summed E-state index contributed by atoms with van der Waals surface area (Å²) in [5, 5.41) is 1.26. The molecule has 4 nitrogen and oxygen atoms in total. The summed E-state index contributed by atoms with van der Waals surface area (Å²) in [5.41, 5.74) is 11.7. The average molecular weight is 384 g/mol. The normalized spacial score (nSPS) is 20.1. The van der Waals surface area contributed by atoms with E-state index in [1.807, 2.05) is 17.5 Å². The lowest BCUT2D eigenvalue weighted by Crippen LogP contribution is -2.48. The second-order valence-corrected chi connectivity index (χ2v) is 9.38. The molecule has 1 unspecified atom stereocenters. The first-order chi connectivity index (χ1) is 12.9. The van der Waals surface area contributed by atoms with E-state index in [0.29, 0.717) is 18.4 Å². The number of likely N-dealkylation sites (tertiary alicyclic amines) is 1. The number of ketones is 1. The molecule has 2 aliphatic rings. The van der Waals surface area contributed by atoms with Gasteiger partial charge in [-0.25, -0.2) is 4.98 Å². The van der Waals surface area contributed by atoms with Gasteiger partial charge in [-0.2, -0.15) is 0 Å². The molecule has 1 aliphatic carbocycles. The molecule has 1 aromatic heterocycles. The molecule has 1 saturated heterocycles. The summed E-state index contributed by atoms with van der Waals surface area (Å²) in [5.74, 6) is 0.818. The van der Waals surface area contributed by atoms with Crippen LogP contribution in [-0.4, -0.2) is 34.8 Å². The van der Waals surface area contributed by atoms with E-state index in [1.54, 1.807) is 6.92 Å². The lowest BCUT2D eigenvalue weighted by atomic mass is 9.93. The molecule has 27 heavy (non-hydrogen) atoms. The Morgan fingerprint density at radius 1 is 1.37 bits per heavy atom. The Labute approximate surface area is 165 Å². The number of nitrogens with zero attached hydrogens (tertiary/aromatic N) is 2. The van der Waals surface area contributed by atoms with E-state index >= 15 is 0 Å². The largest absolute Gasteiger partial charge is 0.324 e. The number of carbonyl (C=O) groups is 1.